The molecule has 0 radical (unpaired) electrons. The van der Waals surface area contributed by atoms with Gasteiger partial charge < -0.3 is 34.1 Å². The first kappa shape index (κ1) is 36.3. The molecule has 2 N–H and O–H groups in total. The Hall–Kier alpha value is -4.03. The number of aliphatic hydroxyl groups is 1. The van der Waals surface area contributed by atoms with Crippen molar-refractivity contribution in [2.45, 2.75) is 101 Å². The summed E-state index contributed by atoms with van der Waals surface area (Å²) in [5.74, 6) is -0.166. The van der Waals surface area contributed by atoms with Gasteiger partial charge in [0.25, 0.3) is 5.91 Å². The molecule has 4 aliphatic rings. The lowest BCUT2D eigenvalue weighted by molar-refractivity contribution is -0.151. The van der Waals surface area contributed by atoms with E-state index in [1.165, 1.54) is 0 Å². The third-order valence-corrected chi connectivity index (χ3v) is 14.3. The third-order valence-electron chi connectivity index (χ3n) is 11.8. The van der Waals surface area contributed by atoms with E-state index in [2.05, 4.69) is 0 Å². The zero-order valence-corrected chi connectivity index (χ0v) is 31.7. The zero-order valence-electron chi connectivity index (χ0n) is 30.7. The van der Waals surface area contributed by atoms with Crippen molar-refractivity contribution in [3.8, 4) is 5.75 Å². The average Bonchev–Trinajstić information content (AvgIpc) is 3.55. The molecule has 5 atom stereocenters. The first-order valence-corrected chi connectivity index (χ1v) is 21.8. The lowest BCUT2D eigenvalue weighted by Gasteiger charge is -2.37. The molecule has 0 bridgehead atoms. The Morgan fingerprint density at radius 1 is 1.00 bits per heavy atom. The molecule has 0 unspecified atom stereocenters. The molecule has 276 valence electrons. The van der Waals surface area contributed by atoms with E-state index in [-0.39, 0.29) is 43.3 Å². The van der Waals surface area contributed by atoms with E-state index in [1.54, 1.807) is 16.9 Å². The summed E-state index contributed by atoms with van der Waals surface area (Å²) in [6, 6.07) is 21.1. The summed E-state index contributed by atoms with van der Waals surface area (Å²) in [5, 5.41) is 10.3. The first-order chi connectivity index (χ1) is 25.0. The minimum atomic E-state index is -3.04. The van der Waals surface area contributed by atoms with Crippen LogP contribution in [0.3, 0.4) is 0 Å². The number of carbonyl (C=O) groups excluding carboxylic acids is 3. The number of anilines is 2. The molecule has 3 aromatic rings. The molecule has 52 heavy (non-hydrogen) atoms. The summed E-state index contributed by atoms with van der Waals surface area (Å²) in [6.07, 6.45) is 4.36. The predicted molar refractivity (Wildman–Crippen MR) is 201 cm³/mol. The monoisotopic (exact) mass is 725 g/mol. The molecule has 2 fully saturated rings. The van der Waals surface area contributed by atoms with Gasteiger partial charge in [-0.3, -0.25) is 14.4 Å². The van der Waals surface area contributed by atoms with Crippen LogP contribution in [0.25, 0.3) is 0 Å². The summed E-state index contributed by atoms with van der Waals surface area (Å²) in [5.41, 5.74) is 3.36. The molecule has 7 rings (SSSR count). The Morgan fingerprint density at radius 2 is 1.77 bits per heavy atom. The molecule has 0 aliphatic carbocycles. The Kier molecular flexibility index (Phi) is 10.1. The number of fused-ring (bicyclic) bond motifs is 3. The standard InChI is InChI=1S/C41H51N3O7Si/c1-27-39(52(3,4)49)36(23-38(47)43-25-30-14-9-8-13-29(30)21-32(43)26-45)51-41(27)34-22-33(50-2)17-18-35(34)44(40(41)48)24-28-12-11-15-31(20-28)42-19-10-6-5-7-16-37(42)46/h8-9,11-15,17-18,20,22,27,32,36,39,45,49H,5-7,10,16,19,21,23-26H2,1-4H3/t27-,32+,36+,39-,41+/m1/s1. The van der Waals surface area contributed by atoms with Crippen LogP contribution in [0.1, 0.15) is 67.7 Å². The van der Waals surface area contributed by atoms with Gasteiger partial charge in [0, 0.05) is 42.2 Å². The molecule has 4 heterocycles. The fraction of sp³-hybridized carbons (Fsp3) is 0.488. The molecule has 3 aromatic carbocycles. The van der Waals surface area contributed by atoms with Crippen LogP contribution in [0, 0.1) is 5.92 Å². The van der Waals surface area contributed by atoms with E-state index in [0.717, 1.165) is 48.1 Å². The van der Waals surface area contributed by atoms with E-state index < -0.39 is 31.5 Å². The van der Waals surface area contributed by atoms with Crippen molar-refractivity contribution in [1.29, 1.82) is 0 Å². The van der Waals surface area contributed by atoms with E-state index in [4.69, 9.17) is 9.47 Å². The molecule has 3 amide bonds. The Bertz CT molecular complexity index is 1840. The van der Waals surface area contributed by atoms with Crippen molar-refractivity contribution < 1.29 is 33.8 Å². The quantitative estimate of drug-likeness (QED) is 0.287. The fourth-order valence-corrected chi connectivity index (χ4v) is 11.9. The number of carbonyl (C=O) groups is 3. The molecule has 2 saturated heterocycles. The van der Waals surface area contributed by atoms with E-state index in [9.17, 15) is 19.5 Å². The second-order valence-corrected chi connectivity index (χ2v) is 19.5. The molecule has 11 heteroatoms. The normalized spacial score (nSPS) is 26.3. The van der Waals surface area contributed by atoms with Crippen LogP contribution in [0.4, 0.5) is 11.4 Å². The highest BCUT2D eigenvalue weighted by molar-refractivity contribution is 6.71. The lowest BCUT2D eigenvalue weighted by Crippen LogP contribution is -2.48. The van der Waals surface area contributed by atoms with Crippen molar-refractivity contribution in [3.63, 3.8) is 0 Å². The van der Waals surface area contributed by atoms with Crippen LogP contribution in [-0.2, 0) is 44.2 Å². The number of nitrogens with zero attached hydrogens (tertiary/aromatic N) is 3. The highest BCUT2D eigenvalue weighted by Gasteiger charge is 2.66. The van der Waals surface area contributed by atoms with Crippen LogP contribution < -0.4 is 14.5 Å². The van der Waals surface area contributed by atoms with Crippen molar-refractivity contribution >= 4 is 37.4 Å². The average molecular weight is 726 g/mol. The van der Waals surface area contributed by atoms with Crippen LogP contribution in [0.5, 0.6) is 5.75 Å². The van der Waals surface area contributed by atoms with E-state index >= 15 is 4.79 Å². The Balaban J connectivity index is 1.21. The van der Waals surface area contributed by atoms with Gasteiger partial charge in [-0.1, -0.05) is 56.2 Å². The summed E-state index contributed by atoms with van der Waals surface area (Å²) < 4.78 is 12.6. The fourth-order valence-electron chi connectivity index (χ4n) is 9.31. The number of benzene rings is 3. The van der Waals surface area contributed by atoms with Crippen molar-refractivity contribution in [2.24, 2.45) is 5.92 Å². The number of rotatable bonds is 8. The predicted octanol–water partition coefficient (Wildman–Crippen LogP) is 5.67. The number of aliphatic hydroxyl groups excluding tert-OH is 1. The smallest absolute Gasteiger partial charge is 0.264 e. The molecule has 4 aliphatic heterocycles. The largest absolute Gasteiger partial charge is 0.497 e. The maximum atomic E-state index is 15.1. The molecule has 0 saturated carbocycles. The van der Waals surface area contributed by atoms with Crippen LogP contribution in [0.2, 0.25) is 18.6 Å². The van der Waals surface area contributed by atoms with Crippen molar-refractivity contribution in [1.82, 2.24) is 4.90 Å². The minimum Gasteiger partial charge on any atom is -0.497 e. The number of methoxy groups -OCH3 is 1. The third kappa shape index (κ3) is 6.46. The highest BCUT2D eigenvalue weighted by atomic mass is 28.4. The molecular formula is C41H51N3O7Si. The molecule has 0 aromatic heterocycles. The summed E-state index contributed by atoms with van der Waals surface area (Å²) >= 11 is 0. The van der Waals surface area contributed by atoms with Crippen LogP contribution in [-0.4, -0.2) is 73.2 Å². The Labute approximate surface area is 307 Å². The van der Waals surface area contributed by atoms with Crippen molar-refractivity contribution in [2.75, 3.05) is 30.1 Å². The van der Waals surface area contributed by atoms with Gasteiger partial charge in [-0.15, -0.1) is 0 Å². The lowest BCUT2D eigenvalue weighted by atomic mass is 9.82. The van der Waals surface area contributed by atoms with Gasteiger partial charge in [0.1, 0.15) is 5.75 Å². The van der Waals surface area contributed by atoms with Gasteiger partial charge in [0.15, 0.2) is 13.9 Å². The van der Waals surface area contributed by atoms with Gasteiger partial charge in [-0.25, -0.2) is 0 Å². The van der Waals surface area contributed by atoms with Gasteiger partial charge in [-0.2, -0.15) is 0 Å². The van der Waals surface area contributed by atoms with Gasteiger partial charge >= 0.3 is 0 Å². The van der Waals surface area contributed by atoms with E-state index in [1.807, 2.05) is 91.6 Å². The van der Waals surface area contributed by atoms with Crippen molar-refractivity contribution in [3.05, 3.63) is 89.0 Å². The van der Waals surface area contributed by atoms with E-state index in [0.29, 0.717) is 42.9 Å². The second kappa shape index (κ2) is 14.4. The van der Waals surface area contributed by atoms with Crippen LogP contribution >= 0.6 is 0 Å². The first-order valence-electron chi connectivity index (χ1n) is 18.7. The number of hydrogen-bond donors (Lipinski definition) is 2. The molecular weight excluding hydrogens is 675 g/mol. The SMILES string of the molecule is COc1ccc2c(c1)[C@]1(O[C@@H](CC(=O)N3Cc4ccccc4C[C@H]3CO)[C@H]([Si](C)(C)O)[C@H]1C)C(=O)N2Cc1cccc(N2CCCCCCC2=O)c1. The van der Waals surface area contributed by atoms with Gasteiger partial charge in [0.2, 0.25) is 11.8 Å². The maximum Gasteiger partial charge on any atom is 0.264 e. The summed E-state index contributed by atoms with van der Waals surface area (Å²) in [7, 11) is -1.45. The zero-order chi connectivity index (χ0) is 36.8. The summed E-state index contributed by atoms with van der Waals surface area (Å²) in [4.78, 5) is 59.5. The summed E-state index contributed by atoms with van der Waals surface area (Å²) in [6.45, 7) is 6.81. The second-order valence-electron chi connectivity index (χ2n) is 15.5. The number of hydrogen-bond acceptors (Lipinski definition) is 7. The highest BCUT2D eigenvalue weighted by Crippen LogP contribution is 2.60. The van der Waals surface area contributed by atoms with Gasteiger partial charge in [-0.05, 0) is 79.4 Å². The minimum absolute atomic E-state index is 0.0229. The number of amides is 3. The molecule has 1 spiro atoms. The van der Waals surface area contributed by atoms with Gasteiger partial charge in [0.05, 0.1) is 44.5 Å². The maximum absolute atomic E-state index is 15.1. The van der Waals surface area contributed by atoms with Crippen LogP contribution in [0.15, 0.2) is 66.7 Å². The number of ether oxygens (including phenoxy) is 2. The molecule has 10 nitrogen and oxygen atoms in total. The Morgan fingerprint density at radius 3 is 2.52 bits per heavy atom. The topological polar surface area (TPSA) is 120 Å².